The van der Waals surface area contributed by atoms with Crippen LogP contribution in [-0.2, 0) is 0 Å². The second kappa shape index (κ2) is 3.14. The number of hydrogen-bond donors (Lipinski definition) is 0. The van der Waals surface area contributed by atoms with Crippen LogP contribution in [-0.4, -0.2) is 0 Å². The first kappa shape index (κ1) is 13.9. The second-order valence-electron chi connectivity index (χ2n) is 8.00. The largest absolute Gasteiger partial charge is 0.0628 e. The van der Waals surface area contributed by atoms with Gasteiger partial charge < -0.3 is 0 Å². The standard InChI is InChI=1S/C18H30/c1-11-12(2)14(4)18(10)16(7,8)15(5,6)17(18,9)13(11)3/h1-10H3. The van der Waals surface area contributed by atoms with Crippen molar-refractivity contribution in [2.45, 2.75) is 69.2 Å². The summed E-state index contributed by atoms with van der Waals surface area (Å²) in [6.07, 6.45) is 0. The Morgan fingerprint density at radius 1 is 0.500 bits per heavy atom. The van der Waals surface area contributed by atoms with Gasteiger partial charge in [0.1, 0.15) is 0 Å². The molecule has 0 radical (unpaired) electrons. The van der Waals surface area contributed by atoms with E-state index in [9.17, 15) is 0 Å². The molecule has 102 valence electrons. The molecule has 0 aromatic rings. The van der Waals surface area contributed by atoms with Crippen LogP contribution in [0.3, 0.4) is 0 Å². The molecule has 2 unspecified atom stereocenters. The Bertz CT molecular complexity index is 438. The minimum Gasteiger partial charge on any atom is -0.0628 e. The van der Waals surface area contributed by atoms with Crippen LogP contribution < -0.4 is 0 Å². The number of allylic oxidation sites excluding steroid dienone is 4. The molecule has 0 aromatic heterocycles. The van der Waals surface area contributed by atoms with E-state index in [0.717, 1.165) is 0 Å². The molecule has 2 aliphatic carbocycles. The van der Waals surface area contributed by atoms with Crippen molar-refractivity contribution in [3.05, 3.63) is 22.3 Å². The maximum absolute atomic E-state index is 2.49. The van der Waals surface area contributed by atoms with Crippen molar-refractivity contribution in [2.24, 2.45) is 21.7 Å². The zero-order valence-corrected chi connectivity index (χ0v) is 14.0. The van der Waals surface area contributed by atoms with Crippen LogP contribution in [0, 0.1) is 21.7 Å². The molecule has 2 rings (SSSR count). The van der Waals surface area contributed by atoms with E-state index < -0.39 is 0 Å². The Labute approximate surface area is 114 Å². The van der Waals surface area contributed by atoms with E-state index in [-0.39, 0.29) is 10.8 Å². The molecule has 2 atom stereocenters. The monoisotopic (exact) mass is 246 g/mol. The molecule has 0 amide bonds. The molecule has 0 bridgehead atoms. The van der Waals surface area contributed by atoms with Gasteiger partial charge in [0, 0.05) is 10.8 Å². The van der Waals surface area contributed by atoms with Gasteiger partial charge in [0.25, 0.3) is 0 Å². The molecule has 0 heteroatoms. The normalized spacial score (nSPS) is 41.7. The third-order valence-corrected chi connectivity index (χ3v) is 8.25. The SMILES string of the molecule is CC1=C(C)C2(C)C(C)(C)C(C)(C)C2(C)C(C)=C1C. The second-order valence-corrected chi connectivity index (χ2v) is 8.00. The summed E-state index contributed by atoms with van der Waals surface area (Å²) in [6.45, 7) is 24.2. The highest BCUT2D eigenvalue weighted by molar-refractivity contribution is 5.53. The molecule has 0 heterocycles. The molecule has 0 aromatic carbocycles. The molecular weight excluding hydrogens is 216 g/mol. The van der Waals surface area contributed by atoms with Crippen molar-refractivity contribution in [3.8, 4) is 0 Å². The number of hydrogen-bond acceptors (Lipinski definition) is 0. The zero-order chi connectivity index (χ0) is 14.3. The van der Waals surface area contributed by atoms with Crippen molar-refractivity contribution in [1.82, 2.24) is 0 Å². The zero-order valence-electron chi connectivity index (χ0n) is 14.0. The lowest BCUT2D eigenvalue weighted by atomic mass is 9.23. The summed E-state index contributed by atoms with van der Waals surface area (Å²) < 4.78 is 0. The average molecular weight is 246 g/mol. The predicted octanol–water partition coefficient (Wildman–Crippen LogP) is 5.75. The summed E-state index contributed by atoms with van der Waals surface area (Å²) in [4.78, 5) is 0. The summed E-state index contributed by atoms with van der Waals surface area (Å²) in [5, 5.41) is 0. The van der Waals surface area contributed by atoms with Gasteiger partial charge in [-0.1, -0.05) is 52.7 Å². The third kappa shape index (κ3) is 0.917. The summed E-state index contributed by atoms with van der Waals surface area (Å²) in [7, 11) is 0. The third-order valence-electron chi connectivity index (χ3n) is 8.25. The van der Waals surface area contributed by atoms with E-state index in [1.807, 2.05) is 0 Å². The fourth-order valence-corrected chi connectivity index (χ4v) is 5.44. The van der Waals surface area contributed by atoms with Crippen molar-refractivity contribution >= 4 is 0 Å². The van der Waals surface area contributed by atoms with Crippen LogP contribution in [0.15, 0.2) is 22.3 Å². The van der Waals surface area contributed by atoms with E-state index in [1.54, 1.807) is 11.1 Å². The quantitative estimate of drug-likeness (QED) is 0.510. The minimum absolute atomic E-state index is 0.289. The van der Waals surface area contributed by atoms with E-state index in [2.05, 4.69) is 69.2 Å². The van der Waals surface area contributed by atoms with Crippen molar-refractivity contribution in [2.75, 3.05) is 0 Å². The van der Waals surface area contributed by atoms with Gasteiger partial charge in [0.2, 0.25) is 0 Å². The van der Waals surface area contributed by atoms with Gasteiger partial charge in [-0.25, -0.2) is 0 Å². The van der Waals surface area contributed by atoms with Crippen LogP contribution in [0.4, 0.5) is 0 Å². The van der Waals surface area contributed by atoms with Crippen molar-refractivity contribution in [3.63, 3.8) is 0 Å². The highest BCUT2D eigenvalue weighted by atomic mass is 14.8. The molecule has 2 aliphatic rings. The van der Waals surface area contributed by atoms with Crippen LogP contribution in [0.2, 0.25) is 0 Å². The van der Waals surface area contributed by atoms with Crippen LogP contribution >= 0.6 is 0 Å². The predicted molar refractivity (Wildman–Crippen MR) is 80.5 cm³/mol. The van der Waals surface area contributed by atoms with Gasteiger partial charge in [-0.15, -0.1) is 0 Å². The fourth-order valence-electron chi connectivity index (χ4n) is 5.44. The lowest BCUT2D eigenvalue weighted by Gasteiger charge is -2.80. The summed E-state index contributed by atoms with van der Waals surface area (Å²) in [5.74, 6) is 0. The highest BCUT2D eigenvalue weighted by Gasteiger charge is 2.77. The maximum atomic E-state index is 2.49. The Balaban J connectivity index is 2.83. The molecule has 0 N–H and O–H groups in total. The molecule has 18 heavy (non-hydrogen) atoms. The van der Waals surface area contributed by atoms with Gasteiger partial charge in [0.05, 0.1) is 0 Å². The number of fused-ring (bicyclic) bond motifs is 1. The van der Waals surface area contributed by atoms with Crippen molar-refractivity contribution in [1.29, 1.82) is 0 Å². The summed E-state index contributed by atoms with van der Waals surface area (Å²) in [5.41, 5.74) is 7.51. The van der Waals surface area contributed by atoms with E-state index in [0.29, 0.717) is 10.8 Å². The molecule has 1 saturated carbocycles. The first-order valence-electron chi connectivity index (χ1n) is 7.25. The highest BCUT2D eigenvalue weighted by Crippen LogP contribution is 2.83. The lowest BCUT2D eigenvalue weighted by Crippen LogP contribution is -2.74. The molecule has 0 saturated heterocycles. The van der Waals surface area contributed by atoms with Gasteiger partial charge in [0.15, 0.2) is 0 Å². The Morgan fingerprint density at radius 2 is 0.722 bits per heavy atom. The minimum atomic E-state index is 0.289. The van der Waals surface area contributed by atoms with E-state index in [4.69, 9.17) is 0 Å². The fraction of sp³-hybridized carbons (Fsp3) is 0.778. The molecular formula is C18H30. The topological polar surface area (TPSA) is 0 Å². The summed E-state index contributed by atoms with van der Waals surface area (Å²) in [6, 6.07) is 0. The van der Waals surface area contributed by atoms with E-state index >= 15 is 0 Å². The molecule has 0 nitrogen and oxygen atoms in total. The Morgan fingerprint density at radius 3 is 0.944 bits per heavy atom. The van der Waals surface area contributed by atoms with Gasteiger partial charge in [-0.3, -0.25) is 0 Å². The molecule has 0 spiro atoms. The summed E-state index contributed by atoms with van der Waals surface area (Å²) >= 11 is 0. The molecule has 0 aliphatic heterocycles. The number of rotatable bonds is 0. The first-order chi connectivity index (χ1) is 7.89. The van der Waals surface area contributed by atoms with Gasteiger partial charge in [-0.05, 0) is 49.7 Å². The lowest BCUT2D eigenvalue weighted by molar-refractivity contribution is -0.263. The van der Waals surface area contributed by atoms with Gasteiger partial charge >= 0.3 is 0 Å². The Hall–Kier alpha value is -0.520. The molecule has 1 fully saturated rings. The van der Waals surface area contributed by atoms with Crippen molar-refractivity contribution < 1.29 is 0 Å². The maximum Gasteiger partial charge on any atom is 0.00395 e. The Kier molecular flexibility index (Phi) is 2.42. The average Bonchev–Trinajstić information content (AvgIpc) is 2.30. The van der Waals surface area contributed by atoms with E-state index in [1.165, 1.54) is 11.1 Å². The van der Waals surface area contributed by atoms with Gasteiger partial charge in [-0.2, -0.15) is 0 Å². The van der Waals surface area contributed by atoms with Crippen LogP contribution in [0.5, 0.6) is 0 Å². The van der Waals surface area contributed by atoms with Crippen LogP contribution in [0.1, 0.15) is 69.2 Å². The smallest absolute Gasteiger partial charge is 0.00395 e. The first-order valence-corrected chi connectivity index (χ1v) is 7.25. The van der Waals surface area contributed by atoms with Crippen LogP contribution in [0.25, 0.3) is 0 Å².